The Bertz CT molecular complexity index is 350. The van der Waals surface area contributed by atoms with Crippen molar-refractivity contribution >= 4 is 34.3 Å². The van der Waals surface area contributed by atoms with Crippen LogP contribution in [0.15, 0.2) is 18.3 Å². The van der Waals surface area contributed by atoms with Gasteiger partial charge in [0.15, 0.2) is 0 Å². The molecule has 1 saturated carbocycles. The largest absolute Gasteiger partial charge is 0.310 e. The number of pyridine rings is 1. The normalized spacial score (nSPS) is 16.1. The van der Waals surface area contributed by atoms with Gasteiger partial charge in [-0.15, -0.1) is 0 Å². The fourth-order valence-electron chi connectivity index (χ4n) is 1.37. The van der Waals surface area contributed by atoms with E-state index in [1.807, 2.05) is 12.1 Å². The molecule has 0 saturated heterocycles. The van der Waals surface area contributed by atoms with E-state index in [9.17, 15) is 4.79 Å². The van der Waals surface area contributed by atoms with E-state index in [2.05, 4.69) is 32.9 Å². The molecule has 0 radical (unpaired) electrons. The summed E-state index contributed by atoms with van der Waals surface area (Å²) in [5.41, 5.74) is 0. The lowest BCUT2D eigenvalue weighted by atomic mass is 9.85. The van der Waals surface area contributed by atoms with Crippen molar-refractivity contribution in [1.82, 2.24) is 4.98 Å². The fourth-order valence-corrected chi connectivity index (χ4v) is 1.83. The minimum Gasteiger partial charge on any atom is -0.310 e. The molecule has 14 heavy (non-hydrogen) atoms. The van der Waals surface area contributed by atoms with Gasteiger partial charge in [-0.2, -0.15) is 0 Å². The van der Waals surface area contributed by atoms with Gasteiger partial charge in [0.1, 0.15) is 5.82 Å². The number of amides is 1. The third-order valence-corrected chi connectivity index (χ3v) is 3.12. The van der Waals surface area contributed by atoms with Gasteiger partial charge in [-0.3, -0.25) is 4.79 Å². The zero-order valence-corrected chi connectivity index (χ0v) is 9.82. The van der Waals surface area contributed by atoms with Crippen molar-refractivity contribution in [3.63, 3.8) is 0 Å². The Labute approximate surface area is 96.4 Å². The van der Waals surface area contributed by atoms with Gasteiger partial charge in [-0.1, -0.05) is 6.42 Å². The molecule has 1 aliphatic carbocycles. The van der Waals surface area contributed by atoms with Crippen LogP contribution in [-0.4, -0.2) is 10.9 Å². The zero-order valence-electron chi connectivity index (χ0n) is 7.66. The summed E-state index contributed by atoms with van der Waals surface area (Å²) in [5, 5.41) is 2.83. The minimum atomic E-state index is 0.116. The third kappa shape index (κ3) is 2.23. The smallest absolute Gasteiger partial charge is 0.228 e. The number of halogens is 1. The predicted molar refractivity (Wildman–Crippen MR) is 62.9 cm³/mol. The highest BCUT2D eigenvalue weighted by Gasteiger charge is 2.25. The Kier molecular flexibility index (Phi) is 3.00. The molecule has 1 aliphatic rings. The molecule has 1 aromatic heterocycles. The van der Waals surface area contributed by atoms with E-state index >= 15 is 0 Å². The summed E-state index contributed by atoms with van der Waals surface area (Å²) >= 11 is 2.20. The second kappa shape index (κ2) is 4.25. The van der Waals surface area contributed by atoms with Gasteiger partial charge in [0.25, 0.3) is 0 Å². The molecule has 0 spiro atoms. The van der Waals surface area contributed by atoms with Crippen LogP contribution >= 0.6 is 22.6 Å². The average molecular weight is 302 g/mol. The Hall–Kier alpha value is -0.650. The van der Waals surface area contributed by atoms with Crippen LogP contribution in [-0.2, 0) is 4.79 Å². The van der Waals surface area contributed by atoms with Crippen LogP contribution in [0, 0.1) is 9.49 Å². The van der Waals surface area contributed by atoms with Crippen molar-refractivity contribution in [2.24, 2.45) is 5.92 Å². The molecule has 74 valence electrons. The number of carbonyl (C=O) groups is 1. The van der Waals surface area contributed by atoms with Gasteiger partial charge >= 0.3 is 0 Å². The topological polar surface area (TPSA) is 42.0 Å². The van der Waals surface area contributed by atoms with Crippen LogP contribution in [0.1, 0.15) is 19.3 Å². The van der Waals surface area contributed by atoms with Gasteiger partial charge in [0.2, 0.25) is 5.91 Å². The highest BCUT2D eigenvalue weighted by molar-refractivity contribution is 14.1. The molecule has 0 aromatic carbocycles. The number of carbonyl (C=O) groups excluding carboxylic acids is 1. The summed E-state index contributed by atoms with van der Waals surface area (Å²) in [6.07, 6.45) is 4.93. The lowest BCUT2D eigenvalue weighted by Gasteiger charge is -2.23. The number of nitrogens with zero attached hydrogens (tertiary/aromatic N) is 1. The lowest BCUT2D eigenvalue weighted by molar-refractivity contribution is -0.122. The van der Waals surface area contributed by atoms with Crippen LogP contribution < -0.4 is 5.32 Å². The van der Waals surface area contributed by atoms with Gasteiger partial charge in [-0.25, -0.2) is 4.98 Å². The Morgan fingerprint density at radius 3 is 2.93 bits per heavy atom. The van der Waals surface area contributed by atoms with Crippen molar-refractivity contribution in [3.8, 4) is 0 Å². The van der Waals surface area contributed by atoms with Gasteiger partial charge in [0, 0.05) is 15.7 Å². The first-order chi connectivity index (χ1) is 6.75. The molecule has 4 heteroatoms. The van der Waals surface area contributed by atoms with E-state index in [1.54, 1.807) is 6.20 Å². The molecule has 1 fully saturated rings. The SMILES string of the molecule is O=C(Nc1cc(I)ccn1)C1CCC1. The molecule has 1 N–H and O–H groups in total. The molecule has 0 unspecified atom stereocenters. The van der Waals surface area contributed by atoms with Crippen molar-refractivity contribution in [2.75, 3.05) is 5.32 Å². The second-order valence-corrected chi connectivity index (χ2v) is 4.72. The third-order valence-electron chi connectivity index (χ3n) is 2.45. The highest BCUT2D eigenvalue weighted by atomic mass is 127. The minimum absolute atomic E-state index is 0.116. The summed E-state index contributed by atoms with van der Waals surface area (Å²) in [6, 6.07) is 3.77. The highest BCUT2D eigenvalue weighted by Crippen LogP contribution is 2.27. The molecule has 1 amide bonds. The monoisotopic (exact) mass is 302 g/mol. The van der Waals surface area contributed by atoms with E-state index in [4.69, 9.17) is 0 Å². The first kappa shape index (κ1) is 9.89. The standard InChI is InChI=1S/C10H11IN2O/c11-8-4-5-12-9(6-8)13-10(14)7-2-1-3-7/h4-7H,1-3H2,(H,12,13,14). The lowest BCUT2D eigenvalue weighted by Crippen LogP contribution is -2.28. The van der Waals surface area contributed by atoms with Crippen molar-refractivity contribution in [1.29, 1.82) is 0 Å². The van der Waals surface area contributed by atoms with E-state index in [0.717, 1.165) is 16.4 Å². The van der Waals surface area contributed by atoms with Crippen molar-refractivity contribution < 1.29 is 4.79 Å². The molecule has 0 atom stereocenters. The number of nitrogens with one attached hydrogen (secondary N) is 1. The molecule has 1 aromatic rings. The number of hydrogen-bond acceptors (Lipinski definition) is 2. The first-order valence-corrected chi connectivity index (χ1v) is 5.76. The van der Waals surface area contributed by atoms with Crippen molar-refractivity contribution in [3.05, 3.63) is 21.9 Å². The summed E-state index contributed by atoms with van der Waals surface area (Å²) < 4.78 is 1.08. The molecule has 0 aliphatic heterocycles. The van der Waals surface area contributed by atoms with E-state index < -0.39 is 0 Å². The van der Waals surface area contributed by atoms with Crippen LogP contribution in [0.3, 0.4) is 0 Å². The van der Waals surface area contributed by atoms with E-state index in [-0.39, 0.29) is 11.8 Å². The number of anilines is 1. The molecule has 2 rings (SSSR count). The number of rotatable bonds is 2. The maximum absolute atomic E-state index is 11.6. The van der Waals surface area contributed by atoms with Gasteiger partial charge in [0.05, 0.1) is 0 Å². The first-order valence-electron chi connectivity index (χ1n) is 4.68. The zero-order chi connectivity index (χ0) is 9.97. The van der Waals surface area contributed by atoms with Crippen LogP contribution in [0.2, 0.25) is 0 Å². The van der Waals surface area contributed by atoms with Crippen LogP contribution in [0.25, 0.3) is 0 Å². The average Bonchev–Trinajstić information content (AvgIpc) is 1.99. The molecular weight excluding hydrogens is 291 g/mol. The summed E-state index contributed by atoms with van der Waals surface area (Å²) in [5.74, 6) is 0.995. The van der Waals surface area contributed by atoms with E-state index in [1.165, 1.54) is 6.42 Å². The maximum atomic E-state index is 11.6. The van der Waals surface area contributed by atoms with Crippen LogP contribution in [0.5, 0.6) is 0 Å². The quantitative estimate of drug-likeness (QED) is 0.853. The predicted octanol–water partition coefficient (Wildman–Crippen LogP) is 2.42. The molecule has 1 heterocycles. The Morgan fingerprint density at radius 2 is 2.36 bits per heavy atom. The second-order valence-electron chi connectivity index (χ2n) is 3.48. The fraction of sp³-hybridized carbons (Fsp3) is 0.400. The van der Waals surface area contributed by atoms with E-state index in [0.29, 0.717) is 5.82 Å². The number of aromatic nitrogens is 1. The molecule has 3 nitrogen and oxygen atoms in total. The number of hydrogen-bond donors (Lipinski definition) is 1. The summed E-state index contributed by atoms with van der Waals surface area (Å²) in [4.78, 5) is 15.6. The van der Waals surface area contributed by atoms with Gasteiger partial charge in [-0.05, 0) is 47.6 Å². The maximum Gasteiger partial charge on any atom is 0.228 e. The molecular formula is C10H11IN2O. The molecule has 0 bridgehead atoms. The Morgan fingerprint density at radius 1 is 1.57 bits per heavy atom. The summed E-state index contributed by atoms with van der Waals surface area (Å²) in [6.45, 7) is 0. The Balaban J connectivity index is 1.99. The summed E-state index contributed by atoms with van der Waals surface area (Å²) in [7, 11) is 0. The van der Waals surface area contributed by atoms with Crippen LogP contribution in [0.4, 0.5) is 5.82 Å². The van der Waals surface area contributed by atoms with Crippen molar-refractivity contribution in [2.45, 2.75) is 19.3 Å². The van der Waals surface area contributed by atoms with Gasteiger partial charge < -0.3 is 5.32 Å².